The number of hydrogen-bond donors (Lipinski definition) is 0. The highest BCUT2D eigenvalue weighted by molar-refractivity contribution is 6.07. The summed E-state index contributed by atoms with van der Waals surface area (Å²) >= 11 is 0. The van der Waals surface area contributed by atoms with E-state index in [9.17, 15) is 9.59 Å². The molecule has 0 atom stereocenters. The lowest BCUT2D eigenvalue weighted by molar-refractivity contribution is -0.129. The number of nitriles is 1. The van der Waals surface area contributed by atoms with Crippen molar-refractivity contribution in [3.05, 3.63) is 0 Å². The van der Waals surface area contributed by atoms with E-state index in [0.717, 1.165) is 0 Å². The van der Waals surface area contributed by atoms with E-state index in [-0.39, 0.29) is 12.2 Å². The van der Waals surface area contributed by atoms with Crippen LogP contribution in [-0.4, -0.2) is 11.6 Å². The number of carbonyl (C=O) groups excluding carboxylic acids is 2. The van der Waals surface area contributed by atoms with Crippen molar-refractivity contribution in [2.75, 3.05) is 0 Å². The molecule has 0 saturated heterocycles. The van der Waals surface area contributed by atoms with Crippen molar-refractivity contribution in [3.63, 3.8) is 0 Å². The van der Waals surface area contributed by atoms with Crippen LogP contribution in [0.25, 0.3) is 0 Å². The minimum Gasteiger partial charge on any atom is -0.299 e. The van der Waals surface area contributed by atoms with Gasteiger partial charge in [0.05, 0.1) is 6.42 Å². The van der Waals surface area contributed by atoms with Gasteiger partial charge in [-0.1, -0.05) is 20.8 Å². The van der Waals surface area contributed by atoms with Crippen molar-refractivity contribution in [1.82, 2.24) is 0 Å². The molecule has 0 aromatic heterocycles. The van der Waals surface area contributed by atoms with Crippen molar-refractivity contribution in [3.8, 4) is 6.07 Å². The maximum atomic E-state index is 11.1. The van der Waals surface area contributed by atoms with Gasteiger partial charge in [-0.3, -0.25) is 9.59 Å². The van der Waals surface area contributed by atoms with E-state index in [1.165, 1.54) is 6.07 Å². The summed E-state index contributed by atoms with van der Waals surface area (Å²) in [5, 5.41) is 8.10. The molecule has 0 saturated carbocycles. The van der Waals surface area contributed by atoms with E-state index in [0.29, 0.717) is 0 Å². The molecule has 11 heavy (non-hydrogen) atoms. The minimum atomic E-state index is -0.662. The van der Waals surface area contributed by atoms with Gasteiger partial charge in [0.25, 0.3) is 0 Å². The fourth-order valence-electron chi connectivity index (χ4n) is 0.451. The zero-order chi connectivity index (χ0) is 9.07. The molecule has 3 nitrogen and oxygen atoms in total. The average Bonchev–Trinajstić information content (AvgIpc) is 1.85. The molecule has 0 aromatic rings. The molecule has 0 aliphatic heterocycles. The SMILES string of the molecule is CC(C)(C)C(=O)CC(=O)C#N. The summed E-state index contributed by atoms with van der Waals surface area (Å²) in [6.45, 7) is 5.17. The summed E-state index contributed by atoms with van der Waals surface area (Å²) in [6, 6.07) is 1.41. The zero-order valence-electron chi connectivity index (χ0n) is 6.97. The van der Waals surface area contributed by atoms with E-state index in [1.807, 2.05) is 0 Å². The van der Waals surface area contributed by atoms with Crippen LogP contribution < -0.4 is 0 Å². The van der Waals surface area contributed by atoms with Crippen LogP contribution in [-0.2, 0) is 9.59 Å². The van der Waals surface area contributed by atoms with Crippen LogP contribution in [0, 0.1) is 16.7 Å². The van der Waals surface area contributed by atoms with Gasteiger partial charge in [0.2, 0.25) is 5.78 Å². The Hall–Kier alpha value is -1.17. The summed E-state index contributed by atoms with van der Waals surface area (Å²) in [5.41, 5.74) is -0.521. The normalized spacial score (nSPS) is 10.4. The lowest BCUT2D eigenvalue weighted by Gasteiger charge is -2.14. The largest absolute Gasteiger partial charge is 0.299 e. The first kappa shape index (κ1) is 9.83. The zero-order valence-corrected chi connectivity index (χ0v) is 6.97. The van der Waals surface area contributed by atoms with Gasteiger partial charge in [0.1, 0.15) is 11.9 Å². The molecule has 0 unspecified atom stereocenters. The van der Waals surface area contributed by atoms with Gasteiger partial charge in [-0.2, -0.15) is 5.26 Å². The van der Waals surface area contributed by atoms with Gasteiger partial charge in [-0.25, -0.2) is 0 Å². The molecule has 0 fully saturated rings. The molecule has 0 bridgehead atoms. The Kier molecular flexibility index (Phi) is 2.94. The third-order valence-corrected chi connectivity index (χ3v) is 1.28. The van der Waals surface area contributed by atoms with Crippen molar-refractivity contribution in [2.45, 2.75) is 27.2 Å². The summed E-state index contributed by atoms with van der Waals surface area (Å²) in [7, 11) is 0. The molecule has 0 radical (unpaired) electrons. The Bertz CT molecular complexity index is 217. The first-order valence-corrected chi connectivity index (χ1v) is 3.34. The first-order chi connectivity index (χ1) is 4.88. The Morgan fingerprint density at radius 3 is 2.09 bits per heavy atom. The predicted octanol–water partition coefficient (Wildman–Crippen LogP) is 1.08. The molecule has 0 amide bonds. The van der Waals surface area contributed by atoms with E-state index >= 15 is 0 Å². The summed E-state index contributed by atoms with van der Waals surface area (Å²) in [6.07, 6.45) is -0.264. The standard InChI is InChI=1S/C8H11NO2/c1-8(2,3)7(11)4-6(10)5-9/h4H2,1-3H3. The lowest BCUT2D eigenvalue weighted by atomic mass is 9.88. The fourth-order valence-corrected chi connectivity index (χ4v) is 0.451. The van der Waals surface area contributed by atoms with Crippen LogP contribution in [0.15, 0.2) is 0 Å². The van der Waals surface area contributed by atoms with E-state index < -0.39 is 11.2 Å². The molecular formula is C8H11NO2. The monoisotopic (exact) mass is 153 g/mol. The second-order valence-corrected chi connectivity index (χ2v) is 3.38. The van der Waals surface area contributed by atoms with Crippen molar-refractivity contribution in [1.29, 1.82) is 5.26 Å². The van der Waals surface area contributed by atoms with Gasteiger partial charge in [0.15, 0.2) is 0 Å². The highest BCUT2D eigenvalue weighted by atomic mass is 16.1. The minimum absolute atomic E-state index is 0.191. The topological polar surface area (TPSA) is 57.9 Å². The second-order valence-electron chi connectivity index (χ2n) is 3.38. The summed E-state index contributed by atoms with van der Waals surface area (Å²) in [4.78, 5) is 21.5. The van der Waals surface area contributed by atoms with Crippen molar-refractivity contribution < 1.29 is 9.59 Å². The number of nitrogens with zero attached hydrogens (tertiary/aromatic N) is 1. The van der Waals surface area contributed by atoms with Gasteiger partial charge in [-0.05, 0) is 0 Å². The lowest BCUT2D eigenvalue weighted by Crippen LogP contribution is -2.22. The van der Waals surface area contributed by atoms with Gasteiger partial charge < -0.3 is 0 Å². The van der Waals surface area contributed by atoms with Crippen LogP contribution in [0.4, 0.5) is 0 Å². The molecule has 3 heteroatoms. The maximum Gasteiger partial charge on any atom is 0.239 e. The maximum absolute atomic E-state index is 11.1. The van der Waals surface area contributed by atoms with Crippen LogP contribution in [0.5, 0.6) is 0 Å². The van der Waals surface area contributed by atoms with Gasteiger partial charge in [-0.15, -0.1) is 0 Å². The second kappa shape index (κ2) is 3.29. The van der Waals surface area contributed by atoms with Crippen molar-refractivity contribution in [2.24, 2.45) is 5.41 Å². The van der Waals surface area contributed by atoms with Gasteiger partial charge in [0, 0.05) is 5.41 Å². The third-order valence-electron chi connectivity index (χ3n) is 1.28. The molecule has 0 heterocycles. The van der Waals surface area contributed by atoms with Crippen LogP contribution >= 0.6 is 0 Å². The van der Waals surface area contributed by atoms with Crippen LogP contribution in [0.3, 0.4) is 0 Å². The molecule has 60 valence electrons. The number of Topliss-reactive ketones (excluding diaryl/α,β-unsaturated/α-hetero) is 2. The van der Waals surface area contributed by atoms with Gasteiger partial charge >= 0.3 is 0 Å². The first-order valence-electron chi connectivity index (χ1n) is 3.34. The van der Waals surface area contributed by atoms with E-state index in [2.05, 4.69) is 0 Å². The Balaban J connectivity index is 4.13. The van der Waals surface area contributed by atoms with E-state index in [4.69, 9.17) is 5.26 Å². The quantitative estimate of drug-likeness (QED) is 0.440. The highest BCUT2D eigenvalue weighted by Gasteiger charge is 2.23. The van der Waals surface area contributed by atoms with Crippen LogP contribution in [0.1, 0.15) is 27.2 Å². The molecule has 0 aliphatic carbocycles. The number of hydrogen-bond acceptors (Lipinski definition) is 3. The number of ketones is 2. The number of carbonyl (C=O) groups is 2. The molecule has 0 rings (SSSR count). The van der Waals surface area contributed by atoms with Crippen LogP contribution in [0.2, 0.25) is 0 Å². The summed E-state index contributed by atoms with van der Waals surface area (Å²) in [5.74, 6) is -0.853. The smallest absolute Gasteiger partial charge is 0.239 e. The summed E-state index contributed by atoms with van der Waals surface area (Å²) < 4.78 is 0. The molecule has 0 aromatic carbocycles. The average molecular weight is 153 g/mol. The fraction of sp³-hybridized carbons (Fsp3) is 0.625. The molecule has 0 N–H and O–H groups in total. The molecular weight excluding hydrogens is 142 g/mol. The van der Waals surface area contributed by atoms with Crippen molar-refractivity contribution >= 4 is 11.6 Å². The Labute approximate surface area is 66.0 Å². The Morgan fingerprint density at radius 2 is 1.82 bits per heavy atom. The highest BCUT2D eigenvalue weighted by Crippen LogP contribution is 2.16. The Morgan fingerprint density at radius 1 is 1.36 bits per heavy atom. The molecule has 0 spiro atoms. The third kappa shape index (κ3) is 3.51. The number of rotatable bonds is 2. The molecule has 0 aliphatic rings. The van der Waals surface area contributed by atoms with E-state index in [1.54, 1.807) is 20.8 Å². The predicted molar refractivity (Wildman–Crippen MR) is 39.7 cm³/mol.